The normalized spacial score (nSPS) is 21.7. The van der Waals surface area contributed by atoms with Gasteiger partial charge in [0.2, 0.25) is 17.7 Å². The summed E-state index contributed by atoms with van der Waals surface area (Å²) in [5, 5.41) is 8.93. The first-order valence-electron chi connectivity index (χ1n) is 21.5. The van der Waals surface area contributed by atoms with Crippen LogP contribution in [0.3, 0.4) is 0 Å². The minimum Gasteiger partial charge on any atom is -0.453 e. The van der Waals surface area contributed by atoms with Gasteiger partial charge in [0.25, 0.3) is 0 Å². The minimum atomic E-state index is -0.798. The van der Waals surface area contributed by atoms with Gasteiger partial charge in [0.1, 0.15) is 17.9 Å². The number of alkyl carbamates (subject to hydrolysis) is 1. The first-order chi connectivity index (χ1) is 29.0. The Hall–Kier alpha value is -5.53. The third-order valence-corrected chi connectivity index (χ3v) is 12.8. The standard InChI is InChI=1S/C47H57N7O6/c1-26(2)41(48-5)45(56)53-22-8-12-35(53)43-49-25-34(51-43)29-16-14-28(15-17-29)32-18-19-33(40-38-21-20-37(60-38)39(32)40)30-10-7-11-31(24-30)50-44(55)36-13-9-23-54(36)46(57)42(27(3)4)52-47(58)59-6/h7,10-11,14-19,24-27,35-38,41-42,48H,8-9,12-13,20-23H2,1-6H3,(H,49,51)(H,50,55)(H,52,58). The lowest BCUT2D eigenvalue weighted by Gasteiger charge is -2.30. The molecule has 1 aromatic heterocycles. The average Bonchev–Trinajstić information content (AvgIpc) is 4.11. The molecule has 0 saturated carbocycles. The fourth-order valence-electron chi connectivity index (χ4n) is 9.78. The maximum atomic E-state index is 13.7. The van der Waals surface area contributed by atoms with Crippen LogP contribution in [0.4, 0.5) is 10.5 Å². The molecule has 3 fully saturated rings. The molecule has 3 saturated heterocycles. The number of ether oxygens (including phenoxy) is 2. The predicted molar refractivity (Wildman–Crippen MR) is 230 cm³/mol. The van der Waals surface area contributed by atoms with E-state index in [4.69, 9.17) is 14.5 Å². The van der Waals surface area contributed by atoms with Crippen molar-refractivity contribution >= 4 is 29.5 Å². The molecule has 4 aliphatic heterocycles. The summed E-state index contributed by atoms with van der Waals surface area (Å²) in [6.07, 6.45) is 6.20. The summed E-state index contributed by atoms with van der Waals surface area (Å²) in [7, 11) is 3.11. The van der Waals surface area contributed by atoms with Crippen molar-refractivity contribution in [1.82, 2.24) is 30.4 Å². The van der Waals surface area contributed by atoms with Crippen LogP contribution in [-0.2, 0) is 23.9 Å². The second-order valence-electron chi connectivity index (χ2n) is 17.3. The number of imidazole rings is 1. The van der Waals surface area contributed by atoms with Crippen LogP contribution >= 0.6 is 0 Å². The van der Waals surface area contributed by atoms with Crippen molar-refractivity contribution in [2.24, 2.45) is 11.8 Å². The number of methoxy groups -OCH3 is 1. The largest absolute Gasteiger partial charge is 0.453 e. The highest BCUT2D eigenvalue weighted by Crippen LogP contribution is 2.56. The molecule has 6 unspecified atom stereocenters. The third-order valence-electron chi connectivity index (χ3n) is 12.8. The van der Waals surface area contributed by atoms with E-state index in [2.05, 4.69) is 77.2 Å². The zero-order chi connectivity index (χ0) is 42.2. The highest BCUT2D eigenvalue weighted by Gasteiger charge is 2.42. The number of anilines is 1. The number of amides is 4. The molecule has 316 valence electrons. The van der Waals surface area contributed by atoms with Crippen LogP contribution in [0.15, 0.2) is 66.9 Å². The lowest BCUT2D eigenvalue weighted by Crippen LogP contribution is -2.54. The maximum absolute atomic E-state index is 13.7. The summed E-state index contributed by atoms with van der Waals surface area (Å²) in [5.74, 6) is 0.414. The van der Waals surface area contributed by atoms with Gasteiger partial charge in [-0.3, -0.25) is 14.4 Å². The van der Waals surface area contributed by atoms with E-state index >= 15 is 0 Å². The number of H-pyrrole nitrogens is 1. The fraction of sp³-hybridized carbons (Fsp3) is 0.468. The lowest BCUT2D eigenvalue weighted by atomic mass is 9.81. The Balaban J connectivity index is 0.999. The van der Waals surface area contributed by atoms with Crippen molar-refractivity contribution in [3.63, 3.8) is 0 Å². The maximum Gasteiger partial charge on any atom is 0.407 e. The summed E-state index contributed by atoms with van der Waals surface area (Å²) in [5.41, 5.74) is 9.34. The summed E-state index contributed by atoms with van der Waals surface area (Å²) < 4.78 is 11.3. The number of aromatic amines is 1. The summed E-state index contributed by atoms with van der Waals surface area (Å²) >= 11 is 0. The molecule has 0 spiro atoms. The molecular weight excluding hydrogens is 759 g/mol. The number of likely N-dealkylation sites (N-methyl/N-ethyl adjacent to an activating group) is 1. The van der Waals surface area contributed by atoms with Gasteiger partial charge in [0.15, 0.2) is 0 Å². The Kier molecular flexibility index (Phi) is 11.8. The quantitative estimate of drug-likeness (QED) is 0.114. The van der Waals surface area contributed by atoms with Gasteiger partial charge in [-0.25, -0.2) is 9.78 Å². The van der Waals surface area contributed by atoms with Gasteiger partial charge >= 0.3 is 6.09 Å². The van der Waals surface area contributed by atoms with Crippen molar-refractivity contribution in [3.05, 3.63) is 83.8 Å². The molecule has 6 atom stereocenters. The number of nitrogens with zero attached hydrogens (tertiary/aromatic N) is 3. The Morgan fingerprint density at radius 2 is 1.42 bits per heavy atom. The SMILES string of the molecule is CNC(C(=O)N1CCCC1c1ncc(-c2ccc(-c3ccc(-c4cccc(NC(=O)C5CCCN5C(=O)C(NC(=O)OC)C(C)C)c4)c4c3C3CCC4O3)cc2)[nH]1)C(C)C. The van der Waals surface area contributed by atoms with Crippen LogP contribution in [0.5, 0.6) is 0 Å². The second kappa shape index (κ2) is 17.2. The van der Waals surface area contributed by atoms with E-state index in [0.717, 1.165) is 71.6 Å². The van der Waals surface area contributed by atoms with Gasteiger partial charge in [0, 0.05) is 18.8 Å². The monoisotopic (exact) mass is 815 g/mol. The molecule has 13 nitrogen and oxygen atoms in total. The van der Waals surface area contributed by atoms with E-state index in [9.17, 15) is 19.2 Å². The minimum absolute atomic E-state index is 0.00240. The van der Waals surface area contributed by atoms with E-state index in [1.54, 1.807) is 4.90 Å². The number of carbonyl (C=O) groups excluding carboxylic acids is 4. The molecule has 4 aliphatic rings. The Labute approximate surface area is 352 Å². The second-order valence-corrected chi connectivity index (χ2v) is 17.3. The lowest BCUT2D eigenvalue weighted by molar-refractivity contribution is -0.139. The molecule has 4 N–H and O–H groups in total. The Morgan fingerprint density at radius 3 is 2.08 bits per heavy atom. The first kappa shape index (κ1) is 41.2. The number of benzene rings is 3. The van der Waals surface area contributed by atoms with Gasteiger partial charge in [-0.15, -0.1) is 0 Å². The number of aromatic nitrogens is 2. The molecule has 8 rings (SSSR count). The van der Waals surface area contributed by atoms with Crippen molar-refractivity contribution in [3.8, 4) is 33.5 Å². The number of hydrogen-bond acceptors (Lipinski definition) is 8. The van der Waals surface area contributed by atoms with E-state index in [0.29, 0.717) is 25.1 Å². The van der Waals surface area contributed by atoms with E-state index in [1.165, 1.54) is 18.2 Å². The van der Waals surface area contributed by atoms with Crippen molar-refractivity contribution < 1.29 is 28.7 Å². The summed E-state index contributed by atoms with van der Waals surface area (Å²) in [4.78, 5) is 64.7. The van der Waals surface area contributed by atoms with Gasteiger partial charge in [-0.2, -0.15) is 0 Å². The third kappa shape index (κ3) is 7.80. The number of rotatable bonds is 12. The smallest absolute Gasteiger partial charge is 0.407 e. The zero-order valence-electron chi connectivity index (χ0n) is 35.4. The molecular formula is C47H57N7O6. The molecule has 60 heavy (non-hydrogen) atoms. The van der Waals surface area contributed by atoms with Gasteiger partial charge in [0.05, 0.1) is 43.3 Å². The van der Waals surface area contributed by atoms with Crippen LogP contribution in [0.2, 0.25) is 0 Å². The van der Waals surface area contributed by atoms with Gasteiger partial charge in [-0.1, -0.05) is 76.2 Å². The molecule has 5 heterocycles. The Morgan fingerprint density at radius 1 is 0.783 bits per heavy atom. The predicted octanol–water partition coefficient (Wildman–Crippen LogP) is 7.53. The zero-order valence-corrected chi connectivity index (χ0v) is 35.4. The van der Waals surface area contributed by atoms with Crippen molar-refractivity contribution in [2.75, 3.05) is 32.6 Å². The first-order valence-corrected chi connectivity index (χ1v) is 21.5. The summed E-state index contributed by atoms with van der Waals surface area (Å²) in [6.45, 7) is 9.02. The van der Waals surface area contributed by atoms with Crippen LogP contribution in [-0.4, -0.2) is 89.0 Å². The molecule has 2 bridgehead atoms. The number of carbonyl (C=O) groups is 4. The Bertz CT molecular complexity index is 2250. The molecule has 3 aromatic carbocycles. The molecule has 0 radical (unpaired) electrons. The van der Waals surface area contributed by atoms with Crippen LogP contribution < -0.4 is 16.0 Å². The molecule has 4 amide bonds. The topological polar surface area (TPSA) is 158 Å². The van der Waals surface area contributed by atoms with E-state index in [-0.39, 0.29) is 53.8 Å². The van der Waals surface area contributed by atoms with Crippen molar-refractivity contribution in [1.29, 1.82) is 0 Å². The number of fused-ring (bicyclic) bond motifs is 5. The number of nitrogens with one attached hydrogen (secondary N) is 4. The van der Waals surface area contributed by atoms with E-state index in [1.807, 2.05) is 50.2 Å². The van der Waals surface area contributed by atoms with Crippen LogP contribution in [0, 0.1) is 11.8 Å². The average molecular weight is 816 g/mol. The van der Waals surface area contributed by atoms with Gasteiger partial charge < -0.3 is 40.2 Å². The van der Waals surface area contributed by atoms with Gasteiger partial charge in [-0.05, 0) is 108 Å². The number of hydrogen-bond donors (Lipinski definition) is 4. The highest BCUT2D eigenvalue weighted by molar-refractivity contribution is 5.99. The number of likely N-dealkylation sites (tertiary alicyclic amines) is 2. The van der Waals surface area contributed by atoms with Crippen LogP contribution in [0.25, 0.3) is 33.5 Å². The summed E-state index contributed by atoms with van der Waals surface area (Å²) in [6, 6.07) is 19.0. The molecule has 0 aliphatic carbocycles. The van der Waals surface area contributed by atoms with E-state index < -0.39 is 18.2 Å². The van der Waals surface area contributed by atoms with Crippen molar-refractivity contribution in [2.45, 2.75) is 103 Å². The highest BCUT2D eigenvalue weighted by atomic mass is 16.5. The van der Waals surface area contributed by atoms with Crippen LogP contribution in [0.1, 0.15) is 101 Å². The molecule has 13 heteroatoms. The fourth-order valence-corrected chi connectivity index (χ4v) is 9.78. The molecule has 4 aromatic rings.